The Kier molecular flexibility index (Phi) is 2.03. The third-order valence-electron chi connectivity index (χ3n) is 2.49. The predicted octanol–water partition coefficient (Wildman–Crippen LogP) is 0.550. The molecule has 4 nitrogen and oxygen atoms in total. The first-order valence-electron chi connectivity index (χ1n) is 4.55. The van der Waals surface area contributed by atoms with Crippen molar-refractivity contribution >= 4 is 0 Å². The van der Waals surface area contributed by atoms with E-state index in [1.165, 1.54) is 6.42 Å². The lowest BCUT2D eigenvalue weighted by molar-refractivity contribution is 0.514. The third kappa shape index (κ3) is 1.21. The highest BCUT2D eigenvalue weighted by Crippen LogP contribution is 2.19. The Morgan fingerprint density at radius 3 is 3.08 bits per heavy atom. The first kappa shape index (κ1) is 8.27. The van der Waals surface area contributed by atoms with Crippen LogP contribution in [0.5, 0.6) is 0 Å². The van der Waals surface area contributed by atoms with E-state index in [4.69, 9.17) is 11.0 Å². The molecule has 2 N–H and O–H groups in total. The average Bonchev–Trinajstić information content (AvgIpc) is 2.56. The highest BCUT2D eigenvalue weighted by Gasteiger charge is 2.18. The number of hydrogen-bond donors (Lipinski definition) is 1. The van der Waals surface area contributed by atoms with Gasteiger partial charge in [-0.3, -0.25) is 0 Å². The second-order valence-electron chi connectivity index (χ2n) is 3.25. The fourth-order valence-corrected chi connectivity index (χ4v) is 1.86. The van der Waals surface area contributed by atoms with Crippen LogP contribution in [0.4, 0.5) is 0 Å². The van der Waals surface area contributed by atoms with Crippen molar-refractivity contribution in [1.29, 1.82) is 5.26 Å². The topological polar surface area (TPSA) is 67.6 Å². The van der Waals surface area contributed by atoms with Crippen molar-refractivity contribution in [2.45, 2.75) is 32.4 Å². The smallest absolute Gasteiger partial charge is 0.162 e. The molecular weight excluding hydrogens is 164 g/mol. The van der Waals surface area contributed by atoms with Crippen LogP contribution in [0.1, 0.15) is 30.1 Å². The van der Waals surface area contributed by atoms with E-state index in [9.17, 15) is 0 Å². The summed E-state index contributed by atoms with van der Waals surface area (Å²) in [5.74, 6) is 0.853. The van der Waals surface area contributed by atoms with Gasteiger partial charge >= 0.3 is 0 Å². The molecule has 0 radical (unpaired) electrons. The molecule has 0 saturated heterocycles. The molecule has 68 valence electrons. The number of nitrogens with zero attached hydrogens (tertiary/aromatic N) is 3. The molecule has 0 aliphatic carbocycles. The zero-order valence-electron chi connectivity index (χ0n) is 7.45. The summed E-state index contributed by atoms with van der Waals surface area (Å²) in [5, 5.41) is 8.84. The maximum absolute atomic E-state index is 8.84. The molecule has 1 aliphatic rings. The van der Waals surface area contributed by atoms with Crippen LogP contribution in [0.3, 0.4) is 0 Å². The van der Waals surface area contributed by atoms with Gasteiger partial charge in [0.25, 0.3) is 0 Å². The molecule has 13 heavy (non-hydrogen) atoms. The van der Waals surface area contributed by atoms with Crippen molar-refractivity contribution in [2.24, 2.45) is 5.73 Å². The van der Waals surface area contributed by atoms with E-state index >= 15 is 0 Å². The largest absolute Gasteiger partial charge is 0.330 e. The minimum atomic E-state index is 0.425. The van der Waals surface area contributed by atoms with Crippen LogP contribution in [0.15, 0.2) is 0 Å². The zero-order chi connectivity index (χ0) is 9.26. The Balaban J connectivity index is 2.52. The summed E-state index contributed by atoms with van der Waals surface area (Å²) in [6.45, 7) is 1.39. The van der Waals surface area contributed by atoms with Gasteiger partial charge in [0.2, 0.25) is 0 Å². The molecule has 0 unspecified atom stereocenters. The summed E-state index contributed by atoms with van der Waals surface area (Å²) in [4.78, 5) is 4.21. The van der Waals surface area contributed by atoms with Gasteiger partial charge in [-0.15, -0.1) is 0 Å². The summed E-state index contributed by atoms with van der Waals surface area (Å²) in [5.41, 5.74) is 7.20. The highest BCUT2D eigenvalue weighted by atomic mass is 15.1. The SMILES string of the molecule is N#Cc1nc(CN)n2c1CCCC2. The summed E-state index contributed by atoms with van der Waals surface area (Å²) in [6, 6.07) is 2.12. The van der Waals surface area contributed by atoms with Crippen molar-refractivity contribution in [2.75, 3.05) is 0 Å². The normalized spacial score (nSPS) is 15.1. The van der Waals surface area contributed by atoms with Gasteiger partial charge in [-0.05, 0) is 19.3 Å². The molecule has 1 aliphatic heterocycles. The number of rotatable bonds is 1. The monoisotopic (exact) mass is 176 g/mol. The predicted molar refractivity (Wildman–Crippen MR) is 47.8 cm³/mol. The molecule has 1 aromatic rings. The van der Waals surface area contributed by atoms with E-state index in [1.54, 1.807) is 0 Å². The molecule has 0 atom stereocenters. The van der Waals surface area contributed by atoms with Crippen LogP contribution in [0, 0.1) is 11.3 Å². The van der Waals surface area contributed by atoms with Crippen molar-refractivity contribution < 1.29 is 0 Å². The molecule has 4 heteroatoms. The number of imidazole rings is 1. The van der Waals surface area contributed by atoms with Gasteiger partial charge in [0.1, 0.15) is 11.9 Å². The van der Waals surface area contributed by atoms with Crippen molar-refractivity contribution in [3.8, 4) is 6.07 Å². The van der Waals surface area contributed by atoms with E-state index in [0.717, 1.165) is 30.9 Å². The van der Waals surface area contributed by atoms with Gasteiger partial charge in [0.15, 0.2) is 5.69 Å². The van der Waals surface area contributed by atoms with E-state index in [2.05, 4.69) is 15.6 Å². The molecule has 0 bridgehead atoms. The lowest BCUT2D eigenvalue weighted by atomic mass is 10.1. The number of aromatic nitrogens is 2. The first-order chi connectivity index (χ1) is 6.36. The Hall–Kier alpha value is -1.34. The molecule has 1 aromatic heterocycles. The van der Waals surface area contributed by atoms with Gasteiger partial charge in [-0.2, -0.15) is 5.26 Å². The molecule has 2 heterocycles. The second kappa shape index (κ2) is 3.19. The quantitative estimate of drug-likeness (QED) is 0.679. The zero-order valence-corrected chi connectivity index (χ0v) is 7.45. The van der Waals surface area contributed by atoms with Crippen molar-refractivity contribution in [3.63, 3.8) is 0 Å². The number of fused-ring (bicyclic) bond motifs is 1. The molecule has 2 rings (SSSR count). The molecule has 0 amide bonds. The number of hydrogen-bond acceptors (Lipinski definition) is 3. The van der Waals surface area contributed by atoms with Crippen molar-refractivity contribution in [1.82, 2.24) is 9.55 Å². The van der Waals surface area contributed by atoms with E-state index < -0.39 is 0 Å². The van der Waals surface area contributed by atoms with Crippen LogP contribution in [-0.2, 0) is 19.5 Å². The lowest BCUT2D eigenvalue weighted by Gasteiger charge is -2.15. The van der Waals surface area contributed by atoms with Crippen LogP contribution < -0.4 is 5.73 Å². The molecule has 0 spiro atoms. The standard InChI is InChI=1S/C9H12N4/c10-5-7-8-3-1-2-4-13(8)9(6-11)12-7/h1-4,6,11H2. The molecule has 0 fully saturated rings. The van der Waals surface area contributed by atoms with Crippen LogP contribution >= 0.6 is 0 Å². The summed E-state index contributed by atoms with van der Waals surface area (Å²) in [6.07, 6.45) is 3.29. The van der Waals surface area contributed by atoms with Crippen LogP contribution in [0.25, 0.3) is 0 Å². The third-order valence-corrected chi connectivity index (χ3v) is 2.49. The molecule has 0 saturated carbocycles. The minimum absolute atomic E-state index is 0.425. The van der Waals surface area contributed by atoms with Gasteiger partial charge < -0.3 is 10.3 Å². The Bertz CT molecular complexity index is 358. The van der Waals surface area contributed by atoms with Crippen LogP contribution in [0.2, 0.25) is 0 Å². The second-order valence-corrected chi connectivity index (χ2v) is 3.25. The maximum atomic E-state index is 8.84. The number of nitrogens with two attached hydrogens (primary N) is 1. The summed E-state index contributed by atoms with van der Waals surface area (Å²) in [7, 11) is 0. The Labute approximate surface area is 77.0 Å². The van der Waals surface area contributed by atoms with Gasteiger partial charge in [0, 0.05) is 6.54 Å². The Morgan fingerprint density at radius 1 is 1.54 bits per heavy atom. The van der Waals surface area contributed by atoms with Gasteiger partial charge in [-0.25, -0.2) is 4.98 Å². The summed E-state index contributed by atoms with van der Waals surface area (Å²) >= 11 is 0. The van der Waals surface area contributed by atoms with Crippen molar-refractivity contribution in [3.05, 3.63) is 17.2 Å². The Morgan fingerprint density at radius 2 is 2.38 bits per heavy atom. The minimum Gasteiger partial charge on any atom is -0.330 e. The maximum Gasteiger partial charge on any atom is 0.162 e. The lowest BCUT2D eigenvalue weighted by Crippen LogP contribution is -2.15. The first-order valence-corrected chi connectivity index (χ1v) is 4.55. The summed E-state index contributed by atoms with van der Waals surface area (Å²) < 4.78 is 2.10. The number of nitriles is 1. The fourth-order valence-electron chi connectivity index (χ4n) is 1.86. The van der Waals surface area contributed by atoms with Gasteiger partial charge in [0.05, 0.1) is 12.2 Å². The van der Waals surface area contributed by atoms with E-state index in [0.29, 0.717) is 12.2 Å². The van der Waals surface area contributed by atoms with E-state index in [1.807, 2.05) is 0 Å². The van der Waals surface area contributed by atoms with E-state index in [-0.39, 0.29) is 0 Å². The molecular formula is C9H12N4. The highest BCUT2D eigenvalue weighted by molar-refractivity contribution is 5.30. The van der Waals surface area contributed by atoms with Gasteiger partial charge in [-0.1, -0.05) is 0 Å². The average molecular weight is 176 g/mol. The fraction of sp³-hybridized carbons (Fsp3) is 0.556. The van der Waals surface area contributed by atoms with Crippen LogP contribution in [-0.4, -0.2) is 9.55 Å². The molecule has 0 aromatic carbocycles.